The zero-order chi connectivity index (χ0) is 15.5. The summed E-state index contributed by atoms with van der Waals surface area (Å²) in [6, 6.07) is 6.60. The second-order valence-corrected chi connectivity index (χ2v) is 6.20. The molecule has 2 atom stereocenters. The van der Waals surface area contributed by atoms with Crippen molar-refractivity contribution in [2.24, 2.45) is 5.92 Å². The van der Waals surface area contributed by atoms with Crippen LogP contribution in [0.25, 0.3) is 0 Å². The summed E-state index contributed by atoms with van der Waals surface area (Å²) in [6.07, 6.45) is 2.16. The van der Waals surface area contributed by atoms with Crippen LogP contribution in [0.3, 0.4) is 0 Å². The number of hydrogen-bond donors (Lipinski definition) is 0. The van der Waals surface area contributed by atoms with E-state index in [1.54, 1.807) is 12.1 Å². The second-order valence-electron chi connectivity index (χ2n) is 6.20. The highest BCUT2D eigenvalue weighted by molar-refractivity contribution is 5.81. The van der Waals surface area contributed by atoms with Gasteiger partial charge in [-0.2, -0.15) is 0 Å². The number of Topliss-reactive ketones (excluding diaryl/α,β-unsaturated/α-hetero) is 1. The molecule has 0 radical (unpaired) electrons. The molecular weight excluding hydrogens is 285 g/mol. The van der Waals surface area contributed by atoms with Gasteiger partial charge < -0.3 is 9.47 Å². The highest BCUT2D eigenvalue weighted by Gasteiger charge is 2.38. The molecule has 2 unspecified atom stereocenters. The third kappa shape index (κ3) is 3.47. The van der Waals surface area contributed by atoms with Crippen molar-refractivity contribution < 1.29 is 18.7 Å². The lowest BCUT2D eigenvalue weighted by molar-refractivity contribution is -0.131. The van der Waals surface area contributed by atoms with E-state index in [9.17, 15) is 9.18 Å². The highest BCUT2D eigenvalue weighted by atomic mass is 19.1. The summed E-state index contributed by atoms with van der Waals surface area (Å²) in [4.78, 5) is 14.7. The van der Waals surface area contributed by atoms with Crippen molar-refractivity contribution in [1.29, 1.82) is 0 Å². The van der Waals surface area contributed by atoms with Crippen molar-refractivity contribution in [2.45, 2.75) is 31.3 Å². The van der Waals surface area contributed by atoms with Crippen LogP contribution >= 0.6 is 0 Å². The average molecular weight is 307 g/mol. The first-order valence-electron chi connectivity index (χ1n) is 7.84. The first kappa shape index (κ1) is 15.4. The van der Waals surface area contributed by atoms with Gasteiger partial charge in [-0.3, -0.25) is 9.69 Å². The summed E-state index contributed by atoms with van der Waals surface area (Å²) in [6.45, 7) is 1.80. The standard InChI is InChI=1S/C17H22FNO3/c1-19-14-8-12(9-15(19)11-21-10-14)17(20)6-7-22-16-4-2-13(18)3-5-16/h2-5,12,14-15H,6-11H2,1H3. The Morgan fingerprint density at radius 2 is 1.91 bits per heavy atom. The van der Waals surface area contributed by atoms with Gasteiger partial charge in [0, 0.05) is 24.4 Å². The Labute approximate surface area is 130 Å². The number of likely N-dealkylation sites (N-methyl/N-ethyl adjacent to an activating group) is 1. The Morgan fingerprint density at radius 1 is 1.27 bits per heavy atom. The molecule has 0 aromatic heterocycles. The summed E-state index contributed by atoms with van der Waals surface area (Å²) in [5, 5.41) is 0. The minimum Gasteiger partial charge on any atom is -0.493 e. The maximum Gasteiger partial charge on any atom is 0.139 e. The normalized spacial score (nSPS) is 28.4. The van der Waals surface area contributed by atoms with E-state index >= 15 is 0 Å². The number of rotatable bonds is 5. The van der Waals surface area contributed by atoms with Crippen molar-refractivity contribution in [3.05, 3.63) is 30.1 Å². The first-order valence-corrected chi connectivity index (χ1v) is 7.84. The maximum absolute atomic E-state index is 12.8. The number of hydrogen-bond acceptors (Lipinski definition) is 4. The average Bonchev–Trinajstić information content (AvgIpc) is 2.49. The molecule has 2 fully saturated rings. The molecule has 120 valence electrons. The minimum absolute atomic E-state index is 0.118. The second kappa shape index (κ2) is 6.75. The van der Waals surface area contributed by atoms with E-state index in [1.165, 1.54) is 12.1 Å². The number of piperidine rings is 1. The van der Waals surface area contributed by atoms with E-state index in [0.29, 0.717) is 30.9 Å². The van der Waals surface area contributed by atoms with Crippen molar-refractivity contribution in [2.75, 3.05) is 26.9 Å². The Morgan fingerprint density at radius 3 is 2.55 bits per heavy atom. The molecular formula is C17H22FNO3. The van der Waals surface area contributed by atoms with E-state index in [1.807, 2.05) is 0 Å². The predicted octanol–water partition coefficient (Wildman–Crippen LogP) is 2.27. The molecule has 1 aromatic rings. The van der Waals surface area contributed by atoms with E-state index in [4.69, 9.17) is 9.47 Å². The summed E-state index contributed by atoms with van der Waals surface area (Å²) in [7, 11) is 2.12. The van der Waals surface area contributed by atoms with E-state index in [2.05, 4.69) is 11.9 Å². The monoisotopic (exact) mass is 307 g/mol. The molecule has 2 aliphatic rings. The van der Waals surface area contributed by atoms with Crippen LogP contribution in [-0.2, 0) is 9.53 Å². The predicted molar refractivity (Wildman–Crippen MR) is 80.4 cm³/mol. The summed E-state index contributed by atoms with van der Waals surface area (Å²) in [5.74, 6) is 0.699. The Kier molecular flexibility index (Phi) is 4.74. The van der Waals surface area contributed by atoms with Gasteiger partial charge in [0.1, 0.15) is 17.3 Å². The van der Waals surface area contributed by atoms with Crippen LogP contribution in [0.1, 0.15) is 19.3 Å². The van der Waals surface area contributed by atoms with Gasteiger partial charge in [0.2, 0.25) is 0 Å². The van der Waals surface area contributed by atoms with Crippen LogP contribution in [0.2, 0.25) is 0 Å². The van der Waals surface area contributed by atoms with Crippen molar-refractivity contribution >= 4 is 5.78 Å². The lowest BCUT2D eigenvalue weighted by Gasteiger charge is -2.46. The molecule has 2 saturated heterocycles. The van der Waals surface area contributed by atoms with Gasteiger partial charge in [-0.15, -0.1) is 0 Å². The van der Waals surface area contributed by atoms with Gasteiger partial charge in [-0.1, -0.05) is 0 Å². The van der Waals surface area contributed by atoms with Gasteiger partial charge in [0.05, 0.1) is 19.8 Å². The molecule has 5 heteroatoms. The van der Waals surface area contributed by atoms with Crippen molar-refractivity contribution in [3.63, 3.8) is 0 Å². The topological polar surface area (TPSA) is 38.8 Å². The Hall–Kier alpha value is -1.46. The van der Waals surface area contributed by atoms with E-state index in [-0.39, 0.29) is 17.5 Å². The molecule has 3 rings (SSSR count). The molecule has 1 aromatic carbocycles. The maximum atomic E-state index is 12.8. The molecule has 0 saturated carbocycles. The zero-order valence-electron chi connectivity index (χ0n) is 12.8. The number of carbonyl (C=O) groups excluding carboxylic acids is 1. The molecule has 4 nitrogen and oxygen atoms in total. The fourth-order valence-electron chi connectivity index (χ4n) is 3.36. The Balaban J connectivity index is 1.47. The van der Waals surface area contributed by atoms with Crippen LogP contribution < -0.4 is 4.74 Å². The molecule has 2 aliphatic heterocycles. The Bertz CT molecular complexity index is 505. The number of ether oxygens (including phenoxy) is 2. The van der Waals surface area contributed by atoms with Crippen LogP contribution in [0.4, 0.5) is 4.39 Å². The lowest BCUT2D eigenvalue weighted by Crippen LogP contribution is -2.55. The molecule has 22 heavy (non-hydrogen) atoms. The van der Waals surface area contributed by atoms with E-state index < -0.39 is 0 Å². The number of ketones is 1. The number of fused-ring (bicyclic) bond motifs is 2. The number of morpholine rings is 1. The molecule has 2 heterocycles. The molecule has 2 bridgehead atoms. The quantitative estimate of drug-likeness (QED) is 0.836. The van der Waals surface area contributed by atoms with Crippen LogP contribution in [0, 0.1) is 11.7 Å². The smallest absolute Gasteiger partial charge is 0.139 e. The largest absolute Gasteiger partial charge is 0.493 e. The molecule has 0 N–H and O–H groups in total. The van der Waals surface area contributed by atoms with Gasteiger partial charge in [0.15, 0.2) is 0 Å². The van der Waals surface area contributed by atoms with Gasteiger partial charge in [-0.05, 0) is 44.2 Å². The van der Waals surface area contributed by atoms with Gasteiger partial charge in [0.25, 0.3) is 0 Å². The number of nitrogens with zero attached hydrogens (tertiary/aromatic N) is 1. The summed E-state index contributed by atoms with van der Waals surface area (Å²) in [5.41, 5.74) is 0. The molecule has 0 amide bonds. The third-order valence-corrected chi connectivity index (χ3v) is 4.77. The summed E-state index contributed by atoms with van der Waals surface area (Å²) >= 11 is 0. The highest BCUT2D eigenvalue weighted by Crippen LogP contribution is 2.31. The van der Waals surface area contributed by atoms with Crippen LogP contribution in [0.15, 0.2) is 24.3 Å². The zero-order valence-corrected chi connectivity index (χ0v) is 12.8. The number of halogens is 1. The van der Waals surface area contributed by atoms with Crippen LogP contribution in [-0.4, -0.2) is 49.6 Å². The van der Waals surface area contributed by atoms with Crippen LogP contribution in [0.5, 0.6) is 5.75 Å². The third-order valence-electron chi connectivity index (χ3n) is 4.77. The lowest BCUT2D eigenvalue weighted by atomic mass is 9.82. The number of carbonyl (C=O) groups is 1. The van der Waals surface area contributed by atoms with Crippen molar-refractivity contribution in [1.82, 2.24) is 4.90 Å². The minimum atomic E-state index is -0.288. The first-order chi connectivity index (χ1) is 10.6. The number of benzene rings is 1. The molecule has 0 aliphatic carbocycles. The fourth-order valence-corrected chi connectivity index (χ4v) is 3.36. The summed E-state index contributed by atoms with van der Waals surface area (Å²) < 4.78 is 23.9. The van der Waals surface area contributed by atoms with Gasteiger partial charge in [-0.25, -0.2) is 4.39 Å². The van der Waals surface area contributed by atoms with Crippen molar-refractivity contribution in [3.8, 4) is 5.75 Å². The SMILES string of the molecule is CN1C2COCC1CC(C(=O)CCOc1ccc(F)cc1)C2. The van der Waals surface area contributed by atoms with E-state index in [0.717, 1.165) is 26.1 Å². The fraction of sp³-hybridized carbons (Fsp3) is 0.588. The molecule has 0 spiro atoms. The van der Waals surface area contributed by atoms with Gasteiger partial charge >= 0.3 is 0 Å².